The normalized spacial score (nSPS) is 17.7. The van der Waals surface area contributed by atoms with Crippen molar-refractivity contribution < 1.29 is 21.6 Å². The molecule has 26 heavy (non-hydrogen) atoms. The maximum Gasteiger partial charge on any atom is 0.411 e. The van der Waals surface area contributed by atoms with Gasteiger partial charge in [-0.15, -0.1) is 0 Å². The number of aromatic nitrogens is 1. The van der Waals surface area contributed by atoms with Crippen LogP contribution < -0.4 is 4.31 Å². The maximum atomic E-state index is 13.6. The highest BCUT2D eigenvalue weighted by Crippen LogP contribution is 2.42. The number of anilines is 1. The topological polar surface area (TPSA) is 42.3 Å². The lowest BCUT2D eigenvalue weighted by Gasteiger charge is -2.27. The molecule has 1 unspecified atom stereocenters. The Morgan fingerprint density at radius 2 is 1.69 bits per heavy atom. The summed E-state index contributed by atoms with van der Waals surface area (Å²) in [4.78, 5) is -0.156. The van der Waals surface area contributed by atoms with Crippen molar-refractivity contribution in [2.45, 2.75) is 30.6 Å². The zero-order chi connectivity index (χ0) is 18.7. The smallest absolute Gasteiger partial charge is 0.324 e. The molecule has 0 fully saturated rings. The Morgan fingerprint density at radius 1 is 1.04 bits per heavy atom. The van der Waals surface area contributed by atoms with E-state index in [1.807, 2.05) is 0 Å². The van der Waals surface area contributed by atoms with Crippen LogP contribution in [0.1, 0.15) is 5.56 Å². The van der Waals surface area contributed by atoms with Gasteiger partial charge in [-0.2, -0.15) is 13.2 Å². The Morgan fingerprint density at radius 3 is 2.35 bits per heavy atom. The highest BCUT2D eigenvalue weighted by Gasteiger charge is 2.53. The second-order valence-corrected chi connectivity index (χ2v) is 8.16. The predicted octanol–water partition coefficient (Wildman–Crippen LogP) is 4.09. The zero-order valence-electron chi connectivity index (χ0n) is 13.7. The van der Waals surface area contributed by atoms with Crippen LogP contribution in [0.4, 0.5) is 19.0 Å². The van der Waals surface area contributed by atoms with E-state index in [-0.39, 0.29) is 10.7 Å². The highest BCUT2D eigenvalue weighted by atomic mass is 32.2. The van der Waals surface area contributed by atoms with E-state index in [9.17, 15) is 21.6 Å². The molecule has 0 radical (unpaired) electrons. The molecule has 1 aromatic heterocycles. The molecule has 1 atom stereocenters. The number of hydrogen-bond acceptors (Lipinski definition) is 2. The molecule has 2 heterocycles. The van der Waals surface area contributed by atoms with Gasteiger partial charge in [-0.3, -0.25) is 0 Å². The summed E-state index contributed by atoms with van der Waals surface area (Å²) in [5, 5.41) is 0.701. The molecule has 1 aliphatic heterocycles. The van der Waals surface area contributed by atoms with Crippen molar-refractivity contribution in [3.8, 4) is 0 Å². The maximum absolute atomic E-state index is 13.6. The number of aryl methyl sites for hydroxylation is 1. The molecule has 4 nitrogen and oxygen atoms in total. The SMILES string of the molecule is Cc1ccc(S(=O)(=O)N2c3cc4ccccc4n3CC2C(F)(F)F)cc1. The standard InChI is InChI=1S/C18H15F3N2O2S/c1-12-6-8-14(9-7-12)26(24,25)23-16(18(19,20)21)11-22-15-5-3-2-4-13(15)10-17(22)23/h2-10,16H,11H2,1H3. The molecule has 0 bridgehead atoms. The summed E-state index contributed by atoms with van der Waals surface area (Å²) in [6.07, 6.45) is -4.68. The van der Waals surface area contributed by atoms with Crippen LogP contribution in [0, 0.1) is 6.92 Å². The Hall–Kier alpha value is -2.48. The lowest BCUT2D eigenvalue weighted by atomic mass is 10.2. The highest BCUT2D eigenvalue weighted by molar-refractivity contribution is 7.92. The molecule has 0 spiro atoms. The predicted molar refractivity (Wildman–Crippen MR) is 92.6 cm³/mol. The number of halogens is 3. The van der Waals surface area contributed by atoms with Gasteiger partial charge in [0.2, 0.25) is 0 Å². The van der Waals surface area contributed by atoms with Crippen molar-refractivity contribution in [3.05, 3.63) is 60.2 Å². The molecule has 0 N–H and O–H groups in total. The average molecular weight is 380 g/mol. The number of nitrogens with zero attached hydrogens (tertiary/aromatic N) is 2. The second-order valence-electron chi connectivity index (χ2n) is 6.34. The molecular formula is C18H15F3N2O2S. The summed E-state index contributed by atoms with van der Waals surface area (Å²) in [5.41, 5.74) is 1.41. The van der Waals surface area contributed by atoms with Gasteiger partial charge >= 0.3 is 6.18 Å². The van der Waals surface area contributed by atoms with Crippen LogP contribution in [-0.4, -0.2) is 25.2 Å². The average Bonchev–Trinajstić information content (AvgIpc) is 3.11. The minimum atomic E-state index is -4.68. The van der Waals surface area contributed by atoms with Gasteiger partial charge in [-0.25, -0.2) is 12.7 Å². The molecule has 0 aliphatic carbocycles. The monoisotopic (exact) mass is 380 g/mol. The third kappa shape index (κ3) is 2.47. The quantitative estimate of drug-likeness (QED) is 0.672. The number of benzene rings is 2. The fourth-order valence-corrected chi connectivity index (χ4v) is 4.95. The Labute approximate surface area is 148 Å². The van der Waals surface area contributed by atoms with Gasteiger partial charge in [0.15, 0.2) is 6.04 Å². The third-order valence-corrected chi connectivity index (χ3v) is 6.44. The van der Waals surface area contributed by atoms with Crippen LogP contribution in [0.25, 0.3) is 10.9 Å². The van der Waals surface area contributed by atoms with Crippen molar-refractivity contribution in [2.24, 2.45) is 0 Å². The summed E-state index contributed by atoms with van der Waals surface area (Å²) in [6, 6.07) is 12.1. The first-order valence-electron chi connectivity index (χ1n) is 7.96. The summed E-state index contributed by atoms with van der Waals surface area (Å²) in [7, 11) is -4.36. The lowest BCUT2D eigenvalue weighted by molar-refractivity contribution is -0.145. The van der Waals surface area contributed by atoms with Crippen LogP contribution in [0.3, 0.4) is 0 Å². The van der Waals surface area contributed by atoms with E-state index < -0.39 is 28.8 Å². The Bertz CT molecular complexity index is 1090. The molecule has 136 valence electrons. The van der Waals surface area contributed by atoms with E-state index >= 15 is 0 Å². The Kier molecular flexibility index (Phi) is 3.59. The van der Waals surface area contributed by atoms with E-state index in [1.54, 1.807) is 43.3 Å². The first-order valence-corrected chi connectivity index (χ1v) is 9.40. The van der Waals surface area contributed by atoms with Gasteiger partial charge in [0, 0.05) is 10.9 Å². The van der Waals surface area contributed by atoms with Gasteiger partial charge in [-0.1, -0.05) is 35.9 Å². The van der Waals surface area contributed by atoms with Crippen molar-refractivity contribution >= 4 is 26.7 Å². The molecule has 2 aromatic carbocycles. The molecule has 4 rings (SSSR count). The van der Waals surface area contributed by atoms with Crippen LogP contribution in [-0.2, 0) is 16.6 Å². The first-order chi connectivity index (χ1) is 12.2. The van der Waals surface area contributed by atoms with Gasteiger partial charge in [0.05, 0.1) is 11.4 Å². The summed E-state index contributed by atoms with van der Waals surface area (Å²) >= 11 is 0. The number of para-hydroxylation sites is 1. The molecular weight excluding hydrogens is 365 g/mol. The van der Waals surface area contributed by atoms with Crippen LogP contribution in [0.2, 0.25) is 0 Å². The minimum Gasteiger partial charge on any atom is -0.324 e. The van der Waals surface area contributed by atoms with Gasteiger partial charge in [0.1, 0.15) is 5.82 Å². The largest absolute Gasteiger partial charge is 0.411 e. The molecule has 8 heteroatoms. The fourth-order valence-electron chi connectivity index (χ4n) is 3.33. The molecule has 1 aliphatic rings. The van der Waals surface area contributed by atoms with Crippen LogP contribution in [0.15, 0.2) is 59.5 Å². The number of fused-ring (bicyclic) bond motifs is 3. The van der Waals surface area contributed by atoms with Crippen LogP contribution >= 0.6 is 0 Å². The van der Waals surface area contributed by atoms with Crippen molar-refractivity contribution in [1.82, 2.24) is 4.57 Å². The van der Waals surface area contributed by atoms with E-state index in [2.05, 4.69) is 0 Å². The minimum absolute atomic E-state index is 0.0362. The summed E-state index contributed by atoms with van der Waals surface area (Å²) in [6.45, 7) is 1.32. The first kappa shape index (κ1) is 17.0. The van der Waals surface area contributed by atoms with E-state index in [4.69, 9.17) is 0 Å². The summed E-state index contributed by atoms with van der Waals surface area (Å²) < 4.78 is 69.0. The number of sulfonamides is 1. The number of hydrogen-bond donors (Lipinski definition) is 0. The lowest BCUT2D eigenvalue weighted by Crippen LogP contribution is -2.47. The fraction of sp³-hybridized carbons (Fsp3) is 0.222. The van der Waals surface area contributed by atoms with Gasteiger partial charge in [0.25, 0.3) is 10.0 Å². The molecule has 0 amide bonds. The third-order valence-electron chi connectivity index (χ3n) is 4.61. The molecule has 3 aromatic rings. The summed E-state index contributed by atoms with van der Waals surface area (Å²) in [5.74, 6) is 0.0362. The van der Waals surface area contributed by atoms with E-state index in [0.717, 1.165) is 5.56 Å². The van der Waals surface area contributed by atoms with Crippen molar-refractivity contribution in [2.75, 3.05) is 4.31 Å². The van der Waals surface area contributed by atoms with Gasteiger partial charge in [-0.05, 0) is 31.2 Å². The van der Waals surface area contributed by atoms with Gasteiger partial charge < -0.3 is 4.57 Å². The number of rotatable bonds is 2. The second kappa shape index (κ2) is 5.51. The van der Waals surface area contributed by atoms with E-state index in [1.165, 1.54) is 22.8 Å². The Balaban J connectivity index is 1.93. The van der Waals surface area contributed by atoms with Crippen molar-refractivity contribution in [3.63, 3.8) is 0 Å². The zero-order valence-corrected chi connectivity index (χ0v) is 14.6. The van der Waals surface area contributed by atoms with Crippen LogP contribution in [0.5, 0.6) is 0 Å². The molecule has 0 saturated heterocycles. The van der Waals surface area contributed by atoms with Crippen molar-refractivity contribution in [1.29, 1.82) is 0 Å². The molecule has 0 saturated carbocycles. The number of alkyl halides is 3. The van der Waals surface area contributed by atoms with E-state index in [0.29, 0.717) is 15.2 Å².